The van der Waals surface area contributed by atoms with Gasteiger partial charge in [0.15, 0.2) is 23.2 Å². The molecular weight excluding hydrogens is 949 g/mol. The zero-order valence-electron chi connectivity index (χ0n) is 42.9. The fourth-order valence-electron chi connectivity index (χ4n) is 11.3. The summed E-state index contributed by atoms with van der Waals surface area (Å²) in [6, 6.07) is 90.3. The molecule has 0 aliphatic rings. The van der Waals surface area contributed by atoms with Gasteiger partial charge >= 0.3 is 0 Å². The van der Waals surface area contributed by atoms with Crippen molar-refractivity contribution in [2.75, 3.05) is 0 Å². The molecule has 366 valence electrons. The van der Waals surface area contributed by atoms with Crippen LogP contribution in [0.4, 0.5) is 5.69 Å². The van der Waals surface area contributed by atoms with Crippen LogP contribution >= 0.6 is 0 Å². The molecule has 6 nitrogen and oxygen atoms in total. The molecule has 0 bridgehead atoms. The van der Waals surface area contributed by atoms with Gasteiger partial charge < -0.3 is 9.13 Å². The molecule has 14 aromatic rings. The van der Waals surface area contributed by atoms with Crippen molar-refractivity contribution in [3.63, 3.8) is 0 Å². The fourth-order valence-corrected chi connectivity index (χ4v) is 11.3. The summed E-state index contributed by atoms with van der Waals surface area (Å²) in [6.07, 6.45) is 0. The maximum absolute atomic E-state index is 7.76. The van der Waals surface area contributed by atoms with Crippen LogP contribution in [-0.4, -0.2) is 24.1 Å². The van der Waals surface area contributed by atoms with E-state index in [2.05, 4.69) is 222 Å². The smallest absolute Gasteiger partial charge is 0.187 e. The number of para-hydroxylation sites is 2. The van der Waals surface area contributed by atoms with Crippen LogP contribution in [0.2, 0.25) is 0 Å². The van der Waals surface area contributed by atoms with E-state index in [4.69, 9.17) is 21.5 Å². The van der Waals surface area contributed by atoms with E-state index in [-0.39, 0.29) is 0 Å². The molecule has 0 saturated carbocycles. The van der Waals surface area contributed by atoms with Crippen molar-refractivity contribution < 1.29 is 0 Å². The van der Waals surface area contributed by atoms with Crippen molar-refractivity contribution in [2.45, 2.75) is 13.8 Å². The van der Waals surface area contributed by atoms with E-state index in [0.29, 0.717) is 23.2 Å². The van der Waals surface area contributed by atoms with Crippen molar-refractivity contribution in [1.82, 2.24) is 24.1 Å². The monoisotopic (exact) mass is 996 g/mol. The van der Waals surface area contributed by atoms with Gasteiger partial charge in [0.1, 0.15) is 0 Å². The maximum Gasteiger partial charge on any atom is 0.187 e. The number of rotatable bonds is 9. The number of fused-ring (bicyclic) bond motifs is 6. The maximum atomic E-state index is 7.76. The van der Waals surface area contributed by atoms with E-state index in [9.17, 15) is 0 Å². The number of nitrogens with zero attached hydrogens (tertiary/aromatic N) is 6. The molecule has 0 saturated heterocycles. The Hall–Kier alpha value is -10.5. The van der Waals surface area contributed by atoms with Crippen LogP contribution in [0.15, 0.2) is 255 Å². The molecule has 0 atom stereocenters. The summed E-state index contributed by atoms with van der Waals surface area (Å²) >= 11 is 0. The van der Waals surface area contributed by atoms with E-state index in [0.717, 1.165) is 105 Å². The van der Waals surface area contributed by atoms with Gasteiger partial charge in [-0.1, -0.05) is 211 Å². The second-order valence-corrected chi connectivity index (χ2v) is 20.0. The third-order valence-electron chi connectivity index (χ3n) is 15.2. The molecule has 78 heavy (non-hydrogen) atoms. The third-order valence-corrected chi connectivity index (χ3v) is 15.2. The fraction of sp³-hybridized carbons (Fsp3) is 0.0278. The normalized spacial score (nSPS) is 11.4. The van der Waals surface area contributed by atoms with Gasteiger partial charge in [-0.05, 0) is 107 Å². The molecule has 0 spiro atoms. The second kappa shape index (κ2) is 19.0. The summed E-state index contributed by atoms with van der Waals surface area (Å²) in [6.45, 7) is 12.0. The highest BCUT2D eigenvalue weighted by molar-refractivity contribution is 6.13. The Morgan fingerprint density at radius 2 is 0.731 bits per heavy atom. The minimum atomic E-state index is 0.540. The number of benzene rings is 11. The predicted molar refractivity (Wildman–Crippen MR) is 322 cm³/mol. The van der Waals surface area contributed by atoms with Crippen molar-refractivity contribution in [3.05, 3.63) is 277 Å². The summed E-state index contributed by atoms with van der Waals surface area (Å²) < 4.78 is 4.82. The topological polar surface area (TPSA) is 52.9 Å². The van der Waals surface area contributed by atoms with Gasteiger partial charge in [0.25, 0.3) is 0 Å². The molecule has 0 N–H and O–H groups in total. The molecule has 11 aromatic carbocycles. The summed E-state index contributed by atoms with van der Waals surface area (Å²) in [5.74, 6) is 1.69. The standard InChI is InChI=1S/C72H48N6/c1-46-25-29-48(30-26-46)53-35-40-65-60(43-53)57-19-10-12-22-63(57)77(65)67-42-37-55(50-33-38-56(73-3)39-34-50)45-62(67)59-21-14-24-68(69(59)72-75-70(51-15-6-4-7-16-51)74-71(76-72)52-17-8-5-9-18-52)78-64-23-13-11-20-58(64)61-44-54(36-41-66(61)78)49-31-27-47(2)28-32-49/h4-45H,1-2H3. The van der Waals surface area contributed by atoms with E-state index in [1.807, 2.05) is 60.7 Å². The summed E-state index contributed by atoms with van der Waals surface area (Å²) in [5, 5.41) is 4.61. The lowest BCUT2D eigenvalue weighted by Gasteiger charge is -2.21. The number of hydrogen-bond acceptors (Lipinski definition) is 3. The Balaban J connectivity index is 1.10. The minimum Gasteiger partial charge on any atom is -0.309 e. The Bertz CT molecular complexity index is 4600. The molecule has 0 fully saturated rings. The lowest BCUT2D eigenvalue weighted by molar-refractivity contribution is 1.06. The number of aryl methyl sites for hydroxylation is 2. The van der Waals surface area contributed by atoms with Crippen molar-refractivity contribution in [3.8, 4) is 90.0 Å². The van der Waals surface area contributed by atoms with Gasteiger partial charge in [0.2, 0.25) is 0 Å². The summed E-state index contributed by atoms with van der Waals surface area (Å²) in [7, 11) is 0. The van der Waals surface area contributed by atoms with Crippen molar-refractivity contribution in [1.29, 1.82) is 0 Å². The van der Waals surface area contributed by atoms with Crippen LogP contribution in [-0.2, 0) is 0 Å². The minimum absolute atomic E-state index is 0.540. The first kappa shape index (κ1) is 46.1. The Morgan fingerprint density at radius 3 is 1.26 bits per heavy atom. The van der Waals surface area contributed by atoms with E-state index in [1.165, 1.54) is 22.3 Å². The zero-order valence-corrected chi connectivity index (χ0v) is 42.9. The molecule has 0 unspecified atom stereocenters. The number of hydrogen-bond donors (Lipinski definition) is 0. The average molecular weight is 997 g/mol. The highest BCUT2D eigenvalue weighted by atomic mass is 15.1. The molecule has 0 amide bonds. The van der Waals surface area contributed by atoms with Gasteiger partial charge in [-0.25, -0.2) is 19.8 Å². The van der Waals surface area contributed by atoms with E-state index in [1.54, 1.807) is 0 Å². The van der Waals surface area contributed by atoms with Gasteiger partial charge in [0.05, 0.1) is 45.6 Å². The average Bonchev–Trinajstić information content (AvgIpc) is 4.06. The first-order chi connectivity index (χ1) is 38.4. The molecule has 0 aliphatic heterocycles. The quantitative estimate of drug-likeness (QED) is 0.135. The molecule has 3 heterocycles. The van der Waals surface area contributed by atoms with Crippen LogP contribution in [0.5, 0.6) is 0 Å². The first-order valence-corrected chi connectivity index (χ1v) is 26.3. The highest BCUT2D eigenvalue weighted by Gasteiger charge is 2.26. The Kier molecular flexibility index (Phi) is 11.2. The number of aromatic nitrogens is 5. The summed E-state index contributed by atoms with van der Waals surface area (Å²) in [5.41, 5.74) is 20.5. The third kappa shape index (κ3) is 8.01. The van der Waals surface area contributed by atoms with E-state index >= 15 is 0 Å². The second-order valence-electron chi connectivity index (χ2n) is 20.0. The molecule has 0 radical (unpaired) electrons. The van der Waals surface area contributed by atoms with Gasteiger partial charge in [-0.15, -0.1) is 0 Å². The van der Waals surface area contributed by atoms with Crippen LogP contribution in [0.3, 0.4) is 0 Å². The molecular formula is C72H48N6. The van der Waals surface area contributed by atoms with Gasteiger partial charge in [-0.3, -0.25) is 0 Å². The van der Waals surface area contributed by atoms with Crippen LogP contribution in [0.25, 0.3) is 139 Å². The largest absolute Gasteiger partial charge is 0.309 e. The van der Waals surface area contributed by atoms with Gasteiger partial charge in [0, 0.05) is 38.2 Å². The molecule has 14 rings (SSSR count). The summed E-state index contributed by atoms with van der Waals surface area (Å²) in [4.78, 5) is 20.0. The predicted octanol–water partition coefficient (Wildman–Crippen LogP) is 18.9. The lowest BCUT2D eigenvalue weighted by atomic mass is 9.92. The molecule has 3 aromatic heterocycles. The van der Waals surface area contributed by atoms with E-state index < -0.39 is 0 Å². The van der Waals surface area contributed by atoms with Crippen LogP contribution in [0.1, 0.15) is 11.1 Å². The van der Waals surface area contributed by atoms with Gasteiger partial charge in [-0.2, -0.15) is 0 Å². The Morgan fingerprint density at radius 1 is 0.308 bits per heavy atom. The SMILES string of the molecule is [C-]#[N+]c1ccc(-c2ccc(-n3c4ccccc4c4cc(-c5ccc(C)cc5)ccc43)c(-c3cccc(-n4c5ccccc5c5cc(-c6ccc(C)cc6)ccc54)c3-c3nc(-c4ccccc4)nc(-c4ccccc4)n3)c2)cc1. The van der Waals surface area contributed by atoms with Crippen molar-refractivity contribution in [2.24, 2.45) is 0 Å². The molecule has 6 heteroatoms. The van der Waals surface area contributed by atoms with Crippen LogP contribution < -0.4 is 0 Å². The highest BCUT2D eigenvalue weighted by Crippen LogP contribution is 2.46. The van der Waals surface area contributed by atoms with Crippen molar-refractivity contribution >= 4 is 49.3 Å². The Labute approximate surface area is 452 Å². The molecule has 0 aliphatic carbocycles. The lowest BCUT2D eigenvalue weighted by Crippen LogP contribution is -2.06. The first-order valence-electron chi connectivity index (χ1n) is 26.3. The van der Waals surface area contributed by atoms with Crippen LogP contribution in [0, 0.1) is 20.4 Å². The zero-order chi connectivity index (χ0) is 52.3.